The normalized spacial score (nSPS) is 11.3. The summed E-state index contributed by atoms with van der Waals surface area (Å²) in [4.78, 5) is 13.1. The summed E-state index contributed by atoms with van der Waals surface area (Å²) in [5.74, 6) is 1.37. The van der Waals surface area contributed by atoms with E-state index in [-0.39, 0.29) is 5.91 Å². The number of hydrogen-bond acceptors (Lipinski definition) is 4. The van der Waals surface area contributed by atoms with Gasteiger partial charge in [-0.2, -0.15) is 18.3 Å². The number of nitrogens with zero attached hydrogens (tertiary/aromatic N) is 2. The molecule has 3 aromatic rings. The second-order valence-corrected chi connectivity index (χ2v) is 7.53. The predicted octanol–water partition coefficient (Wildman–Crippen LogP) is 4.70. The quantitative estimate of drug-likeness (QED) is 0.521. The van der Waals surface area contributed by atoms with Crippen molar-refractivity contribution in [1.82, 2.24) is 15.1 Å². The first-order valence-electron chi connectivity index (χ1n) is 9.11. The minimum absolute atomic E-state index is 0.0676. The molecule has 158 valence electrons. The number of ether oxygens (including phenoxy) is 1. The van der Waals surface area contributed by atoms with Crippen LogP contribution in [-0.4, -0.2) is 28.6 Å². The number of methoxy groups -OCH3 is 1. The van der Waals surface area contributed by atoms with E-state index in [9.17, 15) is 18.0 Å². The number of amides is 1. The first kappa shape index (κ1) is 21.8. The molecule has 9 heteroatoms. The molecule has 1 heterocycles. The van der Waals surface area contributed by atoms with Gasteiger partial charge in [-0.25, -0.2) is 4.68 Å². The van der Waals surface area contributed by atoms with Crippen LogP contribution in [0.2, 0.25) is 0 Å². The fourth-order valence-electron chi connectivity index (χ4n) is 2.61. The van der Waals surface area contributed by atoms with E-state index in [1.807, 2.05) is 24.3 Å². The van der Waals surface area contributed by atoms with Crippen LogP contribution in [0.25, 0.3) is 5.69 Å². The van der Waals surface area contributed by atoms with Gasteiger partial charge in [0.15, 0.2) is 5.69 Å². The molecule has 0 atom stereocenters. The van der Waals surface area contributed by atoms with Crippen LogP contribution in [0.3, 0.4) is 0 Å². The highest BCUT2D eigenvalue weighted by atomic mass is 32.2. The van der Waals surface area contributed by atoms with E-state index in [0.29, 0.717) is 24.4 Å². The molecule has 2 aromatic carbocycles. The molecule has 0 radical (unpaired) electrons. The molecule has 0 saturated heterocycles. The number of benzene rings is 2. The molecule has 0 unspecified atom stereocenters. The predicted molar refractivity (Wildman–Crippen MR) is 109 cm³/mol. The van der Waals surface area contributed by atoms with Crippen LogP contribution >= 0.6 is 11.8 Å². The lowest BCUT2D eigenvalue weighted by molar-refractivity contribution is -0.141. The van der Waals surface area contributed by atoms with Crippen LogP contribution in [0.5, 0.6) is 5.75 Å². The third kappa shape index (κ3) is 6.03. The first-order valence-corrected chi connectivity index (χ1v) is 10.1. The monoisotopic (exact) mass is 435 g/mol. The number of alkyl halides is 3. The van der Waals surface area contributed by atoms with E-state index in [1.165, 1.54) is 10.9 Å². The van der Waals surface area contributed by atoms with Crippen molar-refractivity contribution in [1.29, 1.82) is 0 Å². The number of nitrogens with one attached hydrogen (secondary N) is 1. The fourth-order valence-corrected chi connectivity index (χ4v) is 3.46. The first-order chi connectivity index (χ1) is 14.3. The van der Waals surface area contributed by atoms with Gasteiger partial charge in [0, 0.05) is 29.8 Å². The van der Waals surface area contributed by atoms with Gasteiger partial charge in [-0.3, -0.25) is 4.79 Å². The molecule has 0 aliphatic rings. The maximum atomic E-state index is 12.7. The van der Waals surface area contributed by atoms with Gasteiger partial charge in [0.2, 0.25) is 5.91 Å². The summed E-state index contributed by atoms with van der Waals surface area (Å²) >= 11 is 1.59. The Morgan fingerprint density at radius 3 is 2.40 bits per heavy atom. The zero-order valence-corrected chi connectivity index (χ0v) is 17.0. The topological polar surface area (TPSA) is 56.1 Å². The average Bonchev–Trinajstić information content (AvgIpc) is 3.24. The summed E-state index contributed by atoms with van der Waals surface area (Å²) in [6.45, 7) is 0.346. The summed E-state index contributed by atoms with van der Waals surface area (Å²) < 4.78 is 44.2. The minimum Gasteiger partial charge on any atom is -0.497 e. The summed E-state index contributed by atoms with van der Waals surface area (Å²) in [7, 11) is 1.61. The Balaban J connectivity index is 1.44. The third-order valence-electron chi connectivity index (χ3n) is 4.23. The Kier molecular flexibility index (Phi) is 7.04. The molecule has 1 aromatic heterocycles. The molecule has 0 aliphatic carbocycles. The van der Waals surface area contributed by atoms with E-state index in [1.54, 1.807) is 43.1 Å². The van der Waals surface area contributed by atoms with Crippen molar-refractivity contribution < 1.29 is 22.7 Å². The van der Waals surface area contributed by atoms with Crippen LogP contribution < -0.4 is 10.1 Å². The highest BCUT2D eigenvalue weighted by molar-refractivity contribution is 7.99. The van der Waals surface area contributed by atoms with Gasteiger partial charge < -0.3 is 10.1 Å². The van der Waals surface area contributed by atoms with E-state index in [4.69, 9.17) is 4.74 Å². The summed E-state index contributed by atoms with van der Waals surface area (Å²) in [5, 5.41) is 6.38. The van der Waals surface area contributed by atoms with E-state index in [0.717, 1.165) is 22.3 Å². The highest BCUT2D eigenvalue weighted by Crippen LogP contribution is 2.28. The zero-order valence-electron chi connectivity index (χ0n) is 16.1. The Morgan fingerprint density at radius 1 is 1.10 bits per heavy atom. The van der Waals surface area contributed by atoms with Crippen molar-refractivity contribution >= 4 is 17.7 Å². The van der Waals surface area contributed by atoms with Gasteiger partial charge in [-0.15, -0.1) is 11.8 Å². The lowest BCUT2D eigenvalue weighted by Gasteiger charge is -2.07. The lowest BCUT2D eigenvalue weighted by Crippen LogP contribution is -2.23. The smallest absolute Gasteiger partial charge is 0.435 e. The Hall–Kier alpha value is -2.94. The maximum Gasteiger partial charge on any atom is 0.435 e. The number of thioether (sulfide) groups is 1. The molecule has 1 amide bonds. The van der Waals surface area contributed by atoms with Gasteiger partial charge in [0.1, 0.15) is 5.75 Å². The molecular formula is C21H20F3N3O2S. The second-order valence-electron chi connectivity index (χ2n) is 6.36. The van der Waals surface area contributed by atoms with Gasteiger partial charge in [-0.05, 0) is 48.0 Å². The molecule has 3 rings (SSSR count). The molecule has 5 nitrogen and oxygen atoms in total. The van der Waals surface area contributed by atoms with Crippen molar-refractivity contribution in [3.8, 4) is 11.4 Å². The van der Waals surface area contributed by atoms with Gasteiger partial charge >= 0.3 is 6.18 Å². The Labute approximate surface area is 176 Å². The van der Waals surface area contributed by atoms with Crippen molar-refractivity contribution in [2.45, 2.75) is 24.0 Å². The lowest BCUT2D eigenvalue weighted by atomic mass is 10.2. The number of hydrogen-bond donors (Lipinski definition) is 1. The van der Waals surface area contributed by atoms with Gasteiger partial charge in [-0.1, -0.05) is 12.1 Å². The zero-order chi connectivity index (χ0) is 21.6. The van der Waals surface area contributed by atoms with Crippen LogP contribution in [0, 0.1) is 0 Å². The molecule has 0 aliphatic heterocycles. The van der Waals surface area contributed by atoms with Gasteiger partial charge in [0.25, 0.3) is 0 Å². The minimum atomic E-state index is -4.47. The number of halogens is 3. The SMILES string of the molecule is COc1ccc(SCCC(=O)NCc2ccc(-n3ccc(C(F)(F)F)n3)cc2)cc1. The molecule has 0 bridgehead atoms. The van der Waals surface area contributed by atoms with Gasteiger partial charge in [0.05, 0.1) is 12.8 Å². The molecule has 0 fully saturated rings. The number of carbonyl (C=O) groups is 1. The molecule has 30 heavy (non-hydrogen) atoms. The largest absolute Gasteiger partial charge is 0.497 e. The number of aromatic nitrogens is 2. The summed E-state index contributed by atoms with van der Waals surface area (Å²) in [6, 6.07) is 15.4. The molecule has 0 saturated carbocycles. The Morgan fingerprint density at radius 2 is 1.80 bits per heavy atom. The van der Waals surface area contributed by atoms with Crippen LogP contribution in [0.1, 0.15) is 17.7 Å². The van der Waals surface area contributed by atoms with E-state index < -0.39 is 11.9 Å². The third-order valence-corrected chi connectivity index (χ3v) is 5.24. The Bertz CT molecular complexity index is 970. The summed E-state index contributed by atoms with van der Waals surface area (Å²) in [5.41, 5.74) is 0.418. The molecule has 1 N–H and O–H groups in total. The highest BCUT2D eigenvalue weighted by Gasteiger charge is 2.33. The number of rotatable bonds is 8. The van der Waals surface area contributed by atoms with Crippen LogP contribution in [0.4, 0.5) is 13.2 Å². The summed E-state index contributed by atoms with van der Waals surface area (Å²) in [6.07, 6.45) is -2.83. The maximum absolute atomic E-state index is 12.7. The van der Waals surface area contributed by atoms with Crippen molar-refractivity contribution in [2.24, 2.45) is 0 Å². The van der Waals surface area contributed by atoms with E-state index in [2.05, 4.69) is 10.4 Å². The second kappa shape index (κ2) is 9.71. The van der Waals surface area contributed by atoms with Crippen molar-refractivity contribution in [3.63, 3.8) is 0 Å². The van der Waals surface area contributed by atoms with Crippen molar-refractivity contribution in [2.75, 3.05) is 12.9 Å². The van der Waals surface area contributed by atoms with E-state index >= 15 is 0 Å². The van der Waals surface area contributed by atoms with Crippen LogP contribution in [-0.2, 0) is 17.5 Å². The standard InChI is InChI=1S/C21H20F3N3O2S/c1-29-17-6-8-18(9-7-17)30-13-11-20(28)25-14-15-2-4-16(5-3-15)27-12-10-19(26-27)21(22,23)24/h2-10,12H,11,13-14H2,1H3,(H,25,28). The molecule has 0 spiro atoms. The fraction of sp³-hybridized carbons (Fsp3) is 0.238. The number of carbonyl (C=O) groups excluding carboxylic acids is 1. The van der Waals surface area contributed by atoms with Crippen LogP contribution in [0.15, 0.2) is 65.7 Å². The average molecular weight is 435 g/mol. The molecular weight excluding hydrogens is 415 g/mol. The van der Waals surface area contributed by atoms with Crippen molar-refractivity contribution in [3.05, 3.63) is 72.1 Å².